The van der Waals surface area contributed by atoms with E-state index in [1.807, 2.05) is 0 Å². The van der Waals surface area contributed by atoms with E-state index >= 15 is 0 Å². The van der Waals surface area contributed by atoms with Gasteiger partial charge in [-0.3, -0.25) is 0 Å². The molecule has 3 aliphatic rings. The summed E-state index contributed by atoms with van der Waals surface area (Å²) in [6.45, 7) is 5.86. The standard InChI is InChI=1S/C14H22O3/c1-10-11-3-6-14(16-7-8-17-14)9-13(11,2)5-4-12(10)15/h12,15H,3-9H2,1-2H3/t12-,13+/m1/s1. The van der Waals surface area contributed by atoms with Gasteiger partial charge in [-0.2, -0.15) is 0 Å². The molecule has 1 aliphatic heterocycles. The topological polar surface area (TPSA) is 38.7 Å². The van der Waals surface area contributed by atoms with Gasteiger partial charge in [0.05, 0.1) is 19.3 Å². The van der Waals surface area contributed by atoms with E-state index in [4.69, 9.17) is 9.47 Å². The van der Waals surface area contributed by atoms with Crippen LogP contribution in [-0.2, 0) is 9.47 Å². The molecule has 0 amide bonds. The van der Waals surface area contributed by atoms with Gasteiger partial charge in [-0.05, 0) is 37.2 Å². The number of hydrogen-bond acceptors (Lipinski definition) is 3. The van der Waals surface area contributed by atoms with Crippen LogP contribution in [0.3, 0.4) is 0 Å². The van der Waals surface area contributed by atoms with Crippen LogP contribution in [0.4, 0.5) is 0 Å². The summed E-state index contributed by atoms with van der Waals surface area (Å²) < 4.78 is 11.7. The highest BCUT2D eigenvalue weighted by Crippen LogP contribution is 2.54. The molecule has 2 aliphatic carbocycles. The summed E-state index contributed by atoms with van der Waals surface area (Å²) in [5.41, 5.74) is 2.83. The molecule has 17 heavy (non-hydrogen) atoms. The largest absolute Gasteiger partial charge is 0.389 e. The molecule has 0 radical (unpaired) electrons. The SMILES string of the molecule is CC1=C2CCC3(C[C@]2(C)CC[C@H]1O)OCCO3. The number of aliphatic hydroxyl groups is 1. The minimum atomic E-state index is -0.319. The van der Waals surface area contributed by atoms with Gasteiger partial charge in [-0.1, -0.05) is 12.5 Å². The zero-order chi connectivity index (χ0) is 12.1. The van der Waals surface area contributed by atoms with Gasteiger partial charge in [-0.15, -0.1) is 0 Å². The molecule has 0 bridgehead atoms. The maximum atomic E-state index is 9.97. The summed E-state index contributed by atoms with van der Waals surface area (Å²) in [5, 5.41) is 9.97. The zero-order valence-corrected chi connectivity index (χ0v) is 10.8. The molecular formula is C14H22O3. The van der Waals surface area contributed by atoms with Crippen LogP contribution >= 0.6 is 0 Å². The zero-order valence-electron chi connectivity index (χ0n) is 10.8. The number of fused-ring (bicyclic) bond motifs is 1. The summed E-state index contributed by atoms with van der Waals surface area (Å²) in [5.74, 6) is -0.319. The Kier molecular flexibility index (Phi) is 2.62. The second-order valence-electron chi connectivity index (χ2n) is 6.06. The van der Waals surface area contributed by atoms with Gasteiger partial charge < -0.3 is 14.6 Å². The fourth-order valence-electron chi connectivity index (χ4n) is 3.94. The first-order valence-corrected chi connectivity index (χ1v) is 6.71. The van der Waals surface area contributed by atoms with Gasteiger partial charge in [0.15, 0.2) is 5.79 Å². The lowest BCUT2D eigenvalue weighted by atomic mass is 9.62. The fourth-order valence-corrected chi connectivity index (χ4v) is 3.94. The second kappa shape index (κ2) is 3.81. The van der Waals surface area contributed by atoms with Crippen LogP contribution in [0.1, 0.15) is 46.0 Å². The predicted molar refractivity (Wildman–Crippen MR) is 64.5 cm³/mol. The molecule has 1 heterocycles. The molecule has 1 saturated carbocycles. The molecule has 0 unspecified atom stereocenters. The molecule has 96 valence electrons. The third-order valence-corrected chi connectivity index (χ3v) is 4.90. The summed E-state index contributed by atoms with van der Waals surface area (Å²) >= 11 is 0. The minimum absolute atomic E-state index is 0.173. The molecule has 3 heteroatoms. The third-order valence-electron chi connectivity index (χ3n) is 4.90. The number of ether oxygens (including phenoxy) is 2. The van der Waals surface area contributed by atoms with Crippen molar-refractivity contribution < 1.29 is 14.6 Å². The van der Waals surface area contributed by atoms with Crippen LogP contribution in [0.25, 0.3) is 0 Å². The Morgan fingerprint density at radius 2 is 1.94 bits per heavy atom. The smallest absolute Gasteiger partial charge is 0.169 e. The molecule has 0 aromatic carbocycles. The van der Waals surface area contributed by atoms with Crippen LogP contribution in [-0.4, -0.2) is 30.2 Å². The van der Waals surface area contributed by atoms with Gasteiger partial charge >= 0.3 is 0 Å². The van der Waals surface area contributed by atoms with E-state index < -0.39 is 0 Å². The molecule has 1 saturated heterocycles. The van der Waals surface area contributed by atoms with Crippen LogP contribution in [0, 0.1) is 5.41 Å². The Labute approximate surface area is 103 Å². The predicted octanol–water partition coefficient (Wildman–Crippen LogP) is 2.39. The number of rotatable bonds is 0. The van der Waals surface area contributed by atoms with E-state index in [0.29, 0.717) is 0 Å². The average Bonchev–Trinajstić information content (AvgIpc) is 2.72. The number of hydrogen-bond donors (Lipinski definition) is 1. The highest BCUT2D eigenvalue weighted by atomic mass is 16.7. The summed E-state index contributed by atoms with van der Waals surface area (Å²) in [6.07, 6.45) is 4.62. The Hall–Kier alpha value is -0.380. The fraction of sp³-hybridized carbons (Fsp3) is 0.857. The van der Waals surface area contributed by atoms with E-state index in [1.54, 1.807) is 0 Å². The maximum Gasteiger partial charge on any atom is 0.169 e. The molecular weight excluding hydrogens is 216 g/mol. The Morgan fingerprint density at radius 3 is 2.65 bits per heavy atom. The van der Waals surface area contributed by atoms with Gasteiger partial charge in [0, 0.05) is 12.8 Å². The van der Waals surface area contributed by atoms with Crippen molar-refractivity contribution in [2.75, 3.05) is 13.2 Å². The molecule has 2 atom stereocenters. The molecule has 0 aromatic rings. The van der Waals surface area contributed by atoms with E-state index in [-0.39, 0.29) is 17.3 Å². The highest BCUT2D eigenvalue weighted by Gasteiger charge is 2.50. The molecule has 1 spiro atoms. The average molecular weight is 238 g/mol. The van der Waals surface area contributed by atoms with Crippen molar-refractivity contribution in [2.45, 2.75) is 57.8 Å². The van der Waals surface area contributed by atoms with E-state index in [2.05, 4.69) is 13.8 Å². The summed E-state index contributed by atoms with van der Waals surface area (Å²) in [4.78, 5) is 0. The van der Waals surface area contributed by atoms with Gasteiger partial charge in [0.25, 0.3) is 0 Å². The lowest BCUT2D eigenvalue weighted by molar-refractivity contribution is -0.192. The second-order valence-corrected chi connectivity index (χ2v) is 6.06. The lowest BCUT2D eigenvalue weighted by Crippen LogP contribution is -2.45. The van der Waals surface area contributed by atoms with E-state index in [1.165, 1.54) is 11.1 Å². The molecule has 1 N–H and O–H groups in total. The van der Waals surface area contributed by atoms with Crippen molar-refractivity contribution in [3.8, 4) is 0 Å². The first-order chi connectivity index (χ1) is 8.05. The van der Waals surface area contributed by atoms with Crippen molar-refractivity contribution in [3.05, 3.63) is 11.1 Å². The third kappa shape index (κ3) is 1.76. The quantitative estimate of drug-likeness (QED) is 0.659. The summed E-state index contributed by atoms with van der Waals surface area (Å²) in [7, 11) is 0. The first-order valence-electron chi connectivity index (χ1n) is 6.71. The number of aliphatic hydroxyl groups excluding tert-OH is 1. The Bertz CT molecular complexity index is 354. The Morgan fingerprint density at radius 1 is 1.24 bits per heavy atom. The van der Waals surface area contributed by atoms with Gasteiger partial charge in [0.1, 0.15) is 0 Å². The van der Waals surface area contributed by atoms with E-state index in [0.717, 1.165) is 45.3 Å². The van der Waals surface area contributed by atoms with Crippen molar-refractivity contribution in [1.82, 2.24) is 0 Å². The molecule has 3 nitrogen and oxygen atoms in total. The first kappa shape index (κ1) is 11.7. The monoisotopic (exact) mass is 238 g/mol. The van der Waals surface area contributed by atoms with Gasteiger partial charge in [-0.25, -0.2) is 0 Å². The van der Waals surface area contributed by atoms with Crippen LogP contribution in [0.15, 0.2) is 11.1 Å². The van der Waals surface area contributed by atoms with Crippen molar-refractivity contribution in [1.29, 1.82) is 0 Å². The van der Waals surface area contributed by atoms with Crippen molar-refractivity contribution in [3.63, 3.8) is 0 Å². The van der Waals surface area contributed by atoms with Gasteiger partial charge in [0.2, 0.25) is 0 Å². The molecule has 3 rings (SSSR count). The van der Waals surface area contributed by atoms with Crippen LogP contribution in [0.5, 0.6) is 0 Å². The van der Waals surface area contributed by atoms with Crippen LogP contribution < -0.4 is 0 Å². The van der Waals surface area contributed by atoms with Crippen LogP contribution in [0.2, 0.25) is 0 Å². The van der Waals surface area contributed by atoms with E-state index in [9.17, 15) is 5.11 Å². The van der Waals surface area contributed by atoms with Crippen molar-refractivity contribution in [2.24, 2.45) is 5.41 Å². The minimum Gasteiger partial charge on any atom is -0.389 e. The number of allylic oxidation sites excluding steroid dienone is 1. The normalized spacial score (nSPS) is 40.8. The lowest BCUT2D eigenvalue weighted by Gasteiger charge is -2.48. The molecule has 0 aromatic heterocycles. The Balaban J connectivity index is 1.91. The summed E-state index contributed by atoms with van der Waals surface area (Å²) in [6, 6.07) is 0. The maximum absolute atomic E-state index is 9.97. The highest BCUT2D eigenvalue weighted by molar-refractivity contribution is 5.29. The molecule has 2 fully saturated rings. The van der Waals surface area contributed by atoms with Crippen molar-refractivity contribution >= 4 is 0 Å².